The minimum absolute atomic E-state index is 0.0239. The normalized spacial score (nSPS) is 15.9. The summed E-state index contributed by atoms with van der Waals surface area (Å²) in [6.45, 7) is -0.0696. The summed E-state index contributed by atoms with van der Waals surface area (Å²) >= 11 is 5.94. The van der Waals surface area contributed by atoms with Gasteiger partial charge >= 0.3 is 18.3 Å². The Morgan fingerprint density at radius 3 is 2.29 bits per heavy atom. The number of amides is 1. The van der Waals surface area contributed by atoms with Crippen molar-refractivity contribution in [2.24, 2.45) is 0 Å². The van der Waals surface area contributed by atoms with Gasteiger partial charge < -0.3 is 5.11 Å². The van der Waals surface area contributed by atoms with Gasteiger partial charge in [-0.05, 0) is 36.4 Å². The third kappa shape index (κ3) is 6.12. The Morgan fingerprint density at radius 1 is 1.12 bits per heavy atom. The number of hydrazine groups is 1. The maximum atomic E-state index is 13.2. The van der Waals surface area contributed by atoms with Crippen LogP contribution in [0.5, 0.6) is 0 Å². The van der Waals surface area contributed by atoms with Crippen LogP contribution in [0.2, 0.25) is 0 Å². The van der Waals surface area contributed by atoms with Crippen LogP contribution in [-0.2, 0) is 21.9 Å². The van der Waals surface area contributed by atoms with Gasteiger partial charge in [0.2, 0.25) is 0 Å². The molecule has 6 nitrogen and oxygen atoms in total. The molecule has 0 atom stereocenters. The number of aliphatic carboxylic acids is 1. The van der Waals surface area contributed by atoms with Crippen LogP contribution in [0, 0.1) is 0 Å². The topological polar surface area (TPSA) is 82.5 Å². The first-order chi connectivity index (χ1) is 15.8. The van der Waals surface area contributed by atoms with Crippen molar-refractivity contribution < 1.29 is 41.0 Å². The summed E-state index contributed by atoms with van der Waals surface area (Å²) in [5, 5.41) is 9.66. The number of hydrogen-bond acceptors (Lipinski definition) is 6. The summed E-state index contributed by atoms with van der Waals surface area (Å²) in [4.78, 5) is 27.3. The lowest BCUT2D eigenvalue weighted by atomic mass is 10.0. The zero-order valence-corrected chi connectivity index (χ0v) is 18.3. The fourth-order valence-corrected chi connectivity index (χ4v) is 4.01. The lowest BCUT2D eigenvalue weighted by Crippen LogP contribution is -2.42. The number of carboxylic acids is 1. The van der Waals surface area contributed by atoms with Gasteiger partial charge in [-0.2, -0.15) is 26.3 Å². The zero-order valence-electron chi connectivity index (χ0n) is 16.7. The van der Waals surface area contributed by atoms with Gasteiger partial charge in [0, 0.05) is 12.1 Å². The summed E-state index contributed by atoms with van der Waals surface area (Å²) < 4.78 is 79.0. The Hall–Kier alpha value is -2.97. The second-order valence-electron chi connectivity index (χ2n) is 6.81. The average molecular weight is 521 g/mol. The summed E-state index contributed by atoms with van der Waals surface area (Å²) in [6.07, 6.45) is -9.00. The highest BCUT2D eigenvalue weighted by Crippen LogP contribution is 2.38. The fraction of sp³-hybridized carbons (Fsp3) is 0.200. The lowest BCUT2D eigenvalue weighted by Gasteiger charge is -2.14. The van der Waals surface area contributed by atoms with Gasteiger partial charge in [-0.1, -0.05) is 30.0 Å². The van der Waals surface area contributed by atoms with Crippen molar-refractivity contribution in [3.63, 3.8) is 0 Å². The van der Waals surface area contributed by atoms with Crippen molar-refractivity contribution in [2.45, 2.75) is 18.8 Å². The van der Waals surface area contributed by atoms with Crippen molar-refractivity contribution >= 4 is 46.3 Å². The van der Waals surface area contributed by atoms with Crippen LogP contribution in [0.15, 0.2) is 41.3 Å². The largest absolute Gasteiger partial charge is 0.481 e. The van der Waals surface area contributed by atoms with Gasteiger partial charge in [-0.25, -0.2) is 15.4 Å². The number of nitrogens with one attached hydrogen (secondary N) is 1. The van der Waals surface area contributed by atoms with Gasteiger partial charge in [0.1, 0.15) is 0 Å². The maximum Gasteiger partial charge on any atom is 0.416 e. The Kier molecular flexibility index (Phi) is 7.33. The van der Waals surface area contributed by atoms with Crippen molar-refractivity contribution in [3.05, 3.63) is 58.1 Å². The predicted octanol–water partition coefficient (Wildman–Crippen LogP) is 4.97. The summed E-state index contributed by atoms with van der Waals surface area (Å²) in [6, 6.07) is 5.17. The van der Waals surface area contributed by atoms with Gasteiger partial charge in [-0.15, -0.1) is 0 Å². The van der Waals surface area contributed by atoms with E-state index in [2.05, 4.69) is 10.4 Å². The molecule has 0 aliphatic carbocycles. The third-order valence-electron chi connectivity index (χ3n) is 4.34. The van der Waals surface area contributed by atoms with Crippen molar-refractivity contribution in [1.29, 1.82) is 0 Å². The number of carbonyl (C=O) groups excluding carboxylic acids is 1. The van der Waals surface area contributed by atoms with Gasteiger partial charge in [0.05, 0.1) is 33.8 Å². The summed E-state index contributed by atoms with van der Waals surface area (Å²) in [7, 11) is 0. The minimum Gasteiger partial charge on any atom is -0.481 e. The van der Waals surface area contributed by atoms with E-state index in [4.69, 9.17) is 17.3 Å². The Bertz CT molecular complexity index is 1150. The number of thiocarbonyl (C=S) groups is 1. The van der Waals surface area contributed by atoms with E-state index in [-0.39, 0.29) is 39.6 Å². The van der Waals surface area contributed by atoms with Crippen molar-refractivity contribution in [1.82, 2.24) is 15.4 Å². The predicted molar refractivity (Wildman–Crippen MR) is 115 cm³/mol. The smallest absolute Gasteiger partial charge is 0.416 e. The molecule has 0 radical (unpaired) electrons. The number of thioether (sulfide) groups is 1. The number of carbonyl (C=O) groups is 2. The van der Waals surface area contributed by atoms with Crippen LogP contribution in [0.25, 0.3) is 17.3 Å². The van der Waals surface area contributed by atoms with E-state index in [1.165, 1.54) is 24.3 Å². The standard InChI is InChI=1S/C20H13F6N3O3S2/c21-19(22,23)11-6-10(7-12(8-11)20(24,25)26)14-3-1-2-13(28-14)9-15-17(32)29(18(33)34-15)27-5-4-16(30)31/h1-3,6-9,27H,4-5H2,(H,30,31)/b15-9-. The Labute approximate surface area is 197 Å². The maximum absolute atomic E-state index is 13.2. The van der Waals surface area contributed by atoms with E-state index in [9.17, 15) is 35.9 Å². The highest BCUT2D eigenvalue weighted by atomic mass is 32.2. The number of aromatic nitrogens is 1. The van der Waals surface area contributed by atoms with E-state index in [0.29, 0.717) is 12.1 Å². The van der Waals surface area contributed by atoms with E-state index >= 15 is 0 Å². The molecule has 0 unspecified atom stereocenters. The van der Waals surface area contributed by atoms with Crippen molar-refractivity contribution in [2.75, 3.05) is 6.54 Å². The number of alkyl halides is 6. The molecule has 2 aromatic rings. The van der Waals surface area contributed by atoms with Gasteiger partial charge in [-0.3, -0.25) is 9.59 Å². The molecule has 1 saturated heterocycles. The highest BCUT2D eigenvalue weighted by molar-refractivity contribution is 8.26. The monoisotopic (exact) mass is 521 g/mol. The zero-order chi connectivity index (χ0) is 25.3. The van der Waals surface area contributed by atoms with E-state index < -0.39 is 40.9 Å². The molecule has 1 fully saturated rings. The molecule has 14 heteroatoms. The molecule has 2 N–H and O–H groups in total. The van der Waals surface area contributed by atoms with Crippen molar-refractivity contribution in [3.8, 4) is 11.3 Å². The van der Waals surface area contributed by atoms with Crippen LogP contribution in [0.3, 0.4) is 0 Å². The molecule has 0 saturated carbocycles. The van der Waals surface area contributed by atoms with E-state index in [1.807, 2.05) is 0 Å². The summed E-state index contributed by atoms with van der Waals surface area (Å²) in [5.74, 6) is -1.69. The van der Waals surface area contributed by atoms with E-state index in [1.54, 1.807) is 0 Å². The molecule has 0 spiro atoms. The Morgan fingerprint density at radius 2 is 1.74 bits per heavy atom. The first-order valence-electron chi connectivity index (χ1n) is 9.26. The van der Waals surface area contributed by atoms with Crippen LogP contribution in [-0.4, -0.2) is 37.8 Å². The molecular formula is C20H13F6N3O3S2. The van der Waals surface area contributed by atoms with Crippen LogP contribution in [0.4, 0.5) is 26.3 Å². The molecule has 1 aromatic carbocycles. The minimum atomic E-state index is -5.00. The number of hydrogen-bond donors (Lipinski definition) is 2. The number of carboxylic acid groups (broad SMARTS) is 1. The van der Waals surface area contributed by atoms with Gasteiger partial charge in [0.15, 0.2) is 4.32 Å². The second kappa shape index (κ2) is 9.72. The number of rotatable bonds is 6. The SMILES string of the molecule is O=C(O)CCNN1C(=O)/C(=C/c2cccc(-c3cc(C(F)(F)F)cc(C(F)(F)F)c3)n2)SC1=S. The molecule has 1 aliphatic heterocycles. The molecule has 34 heavy (non-hydrogen) atoms. The number of nitrogens with zero attached hydrogens (tertiary/aromatic N) is 2. The summed E-state index contributed by atoms with van der Waals surface area (Å²) in [5.41, 5.74) is -0.852. The van der Waals surface area contributed by atoms with E-state index in [0.717, 1.165) is 16.8 Å². The molecule has 1 aromatic heterocycles. The lowest BCUT2D eigenvalue weighted by molar-refractivity contribution is -0.143. The first kappa shape index (κ1) is 25.6. The molecular weight excluding hydrogens is 508 g/mol. The van der Waals surface area contributed by atoms with Gasteiger partial charge in [0.25, 0.3) is 5.91 Å². The van der Waals surface area contributed by atoms with Crippen LogP contribution < -0.4 is 5.43 Å². The average Bonchev–Trinajstić information content (AvgIpc) is 2.99. The quantitative estimate of drug-likeness (QED) is 0.316. The molecule has 0 bridgehead atoms. The Balaban J connectivity index is 1.93. The fourth-order valence-electron chi connectivity index (χ4n) is 2.81. The number of pyridine rings is 1. The molecule has 180 valence electrons. The second-order valence-corrected chi connectivity index (χ2v) is 8.49. The highest BCUT2D eigenvalue weighted by Gasteiger charge is 2.37. The first-order valence-corrected chi connectivity index (χ1v) is 10.5. The number of halogens is 6. The number of benzene rings is 1. The third-order valence-corrected chi connectivity index (χ3v) is 5.64. The molecule has 3 rings (SSSR count). The molecule has 1 amide bonds. The van der Waals surface area contributed by atoms with Crippen LogP contribution >= 0.6 is 24.0 Å². The molecule has 2 heterocycles. The molecule has 1 aliphatic rings. The van der Waals surface area contributed by atoms with Crippen LogP contribution in [0.1, 0.15) is 23.2 Å².